The van der Waals surface area contributed by atoms with Gasteiger partial charge in [-0.25, -0.2) is 9.97 Å². The third kappa shape index (κ3) is 6.64. The van der Waals surface area contributed by atoms with E-state index in [4.69, 9.17) is 0 Å². The number of H-pyrrole nitrogens is 2. The maximum atomic E-state index is 13.3. The van der Waals surface area contributed by atoms with Gasteiger partial charge in [-0.3, -0.25) is 4.79 Å². The number of imidazole rings is 2. The monoisotopic (exact) mass is 488 g/mol. The number of nitrogens with one attached hydrogen (secondary N) is 2. The van der Waals surface area contributed by atoms with Gasteiger partial charge in [-0.2, -0.15) is 0 Å². The minimum atomic E-state index is -0.0128. The summed E-state index contributed by atoms with van der Waals surface area (Å²) in [5.41, 5.74) is 2.03. The lowest BCUT2D eigenvalue weighted by Gasteiger charge is -2.36. The van der Waals surface area contributed by atoms with Crippen LogP contribution in [0.4, 0.5) is 0 Å². The lowest BCUT2D eigenvalue weighted by molar-refractivity contribution is 0.0721. The number of likely N-dealkylation sites (tertiary alicyclic amines) is 1. The van der Waals surface area contributed by atoms with Crippen molar-refractivity contribution in [3.05, 3.63) is 71.8 Å². The van der Waals surface area contributed by atoms with Gasteiger partial charge in [0.1, 0.15) is 11.6 Å². The Morgan fingerprint density at radius 1 is 0.861 bits per heavy atom. The first-order valence-corrected chi connectivity index (χ1v) is 13.8. The van der Waals surface area contributed by atoms with E-state index in [1.165, 1.54) is 76.4 Å². The number of carbonyl (C=O) groups excluding carboxylic acids is 1. The zero-order chi connectivity index (χ0) is 24.6. The molecule has 1 saturated heterocycles. The van der Waals surface area contributed by atoms with E-state index < -0.39 is 0 Å². The van der Waals surface area contributed by atoms with Crippen LogP contribution in [0, 0.1) is 5.92 Å². The summed E-state index contributed by atoms with van der Waals surface area (Å²) in [6, 6.07) is 9.05. The third-order valence-electron chi connectivity index (χ3n) is 8.09. The van der Waals surface area contributed by atoms with Crippen LogP contribution in [0.3, 0.4) is 0 Å². The summed E-state index contributed by atoms with van der Waals surface area (Å²) in [5.74, 6) is 2.35. The van der Waals surface area contributed by atoms with Crippen LogP contribution in [-0.4, -0.2) is 54.8 Å². The Bertz CT molecular complexity index is 994. The van der Waals surface area contributed by atoms with Crippen molar-refractivity contribution in [3.8, 4) is 0 Å². The molecule has 1 saturated carbocycles. The van der Waals surface area contributed by atoms with E-state index in [9.17, 15) is 4.79 Å². The number of hydrogen-bond donors (Lipinski definition) is 2. The number of aromatic amines is 2. The topological polar surface area (TPSA) is 80.9 Å². The summed E-state index contributed by atoms with van der Waals surface area (Å²) >= 11 is 0. The average Bonchev–Trinajstić information content (AvgIpc) is 3.56. The molecular formula is C29H40N6O. The van der Waals surface area contributed by atoms with Gasteiger partial charge in [0.15, 0.2) is 0 Å². The molecule has 3 aromatic rings. The number of aromatic nitrogens is 4. The molecule has 2 aliphatic rings. The summed E-state index contributed by atoms with van der Waals surface area (Å²) in [7, 11) is 0. The molecule has 1 aliphatic carbocycles. The molecule has 0 unspecified atom stereocenters. The predicted molar refractivity (Wildman–Crippen MR) is 141 cm³/mol. The van der Waals surface area contributed by atoms with Crippen LogP contribution < -0.4 is 0 Å². The molecule has 2 aromatic heterocycles. The number of rotatable bonds is 9. The van der Waals surface area contributed by atoms with E-state index in [0.717, 1.165) is 30.0 Å². The van der Waals surface area contributed by atoms with Crippen molar-refractivity contribution in [1.82, 2.24) is 29.7 Å². The molecule has 1 aliphatic heterocycles. The Morgan fingerprint density at radius 2 is 1.47 bits per heavy atom. The van der Waals surface area contributed by atoms with Crippen LogP contribution in [0.5, 0.6) is 0 Å². The number of amides is 1. The fourth-order valence-electron chi connectivity index (χ4n) is 5.96. The molecule has 7 nitrogen and oxygen atoms in total. The van der Waals surface area contributed by atoms with Gasteiger partial charge in [0.25, 0.3) is 5.91 Å². The van der Waals surface area contributed by atoms with Gasteiger partial charge < -0.3 is 19.8 Å². The van der Waals surface area contributed by atoms with Crippen LogP contribution >= 0.6 is 0 Å². The largest absolute Gasteiger partial charge is 0.347 e. The molecule has 2 fully saturated rings. The lowest BCUT2D eigenvalue weighted by atomic mass is 9.82. The van der Waals surface area contributed by atoms with E-state index in [2.05, 4.69) is 37.0 Å². The van der Waals surface area contributed by atoms with Crippen LogP contribution in [0.1, 0.15) is 85.4 Å². The molecular weight excluding hydrogens is 448 g/mol. The summed E-state index contributed by atoms with van der Waals surface area (Å²) in [6.45, 7) is 3.46. The van der Waals surface area contributed by atoms with Crippen LogP contribution in [0.25, 0.3) is 0 Å². The molecule has 3 heterocycles. The first kappa shape index (κ1) is 24.8. The smallest absolute Gasteiger partial charge is 0.254 e. The molecule has 0 atom stereocenters. The molecule has 1 aromatic carbocycles. The van der Waals surface area contributed by atoms with Gasteiger partial charge in [-0.05, 0) is 88.1 Å². The second-order valence-electron chi connectivity index (χ2n) is 10.6. The summed E-state index contributed by atoms with van der Waals surface area (Å²) in [4.78, 5) is 32.7. The Labute approximate surface area is 214 Å². The van der Waals surface area contributed by atoms with E-state index >= 15 is 0 Å². The minimum Gasteiger partial charge on any atom is -0.347 e. The summed E-state index contributed by atoms with van der Waals surface area (Å²) < 4.78 is 0. The predicted octanol–water partition coefficient (Wildman–Crippen LogP) is 5.34. The van der Waals surface area contributed by atoms with Crippen molar-refractivity contribution in [3.63, 3.8) is 0 Å². The van der Waals surface area contributed by atoms with Gasteiger partial charge in [-0.1, -0.05) is 25.0 Å². The van der Waals surface area contributed by atoms with Gasteiger partial charge in [0.2, 0.25) is 0 Å². The van der Waals surface area contributed by atoms with E-state index in [1.54, 1.807) is 29.7 Å². The van der Waals surface area contributed by atoms with Crippen LogP contribution in [0.2, 0.25) is 0 Å². The minimum absolute atomic E-state index is 0.0128. The maximum absolute atomic E-state index is 13.3. The van der Waals surface area contributed by atoms with Crippen LogP contribution in [-0.2, 0) is 19.5 Å². The highest BCUT2D eigenvalue weighted by Crippen LogP contribution is 2.31. The Morgan fingerprint density at radius 3 is 2.03 bits per heavy atom. The highest BCUT2D eigenvalue weighted by atomic mass is 16.2. The number of aryl methyl sites for hydroxylation is 1. The molecule has 0 radical (unpaired) electrons. The fourth-order valence-corrected chi connectivity index (χ4v) is 5.96. The zero-order valence-corrected chi connectivity index (χ0v) is 21.4. The zero-order valence-electron chi connectivity index (χ0n) is 21.4. The number of carbonyl (C=O) groups is 1. The first-order valence-electron chi connectivity index (χ1n) is 13.8. The third-order valence-corrected chi connectivity index (χ3v) is 8.09. The van der Waals surface area contributed by atoms with E-state index in [0.29, 0.717) is 18.7 Å². The van der Waals surface area contributed by atoms with Gasteiger partial charge >= 0.3 is 0 Å². The molecule has 0 bridgehead atoms. The van der Waals surface area contributed by atoms with Crippen molar-refractivity contribution < 1.29 is 4.79 Å². The molecule has 5 rings (SSSR count). The van der Waals surface area contributed by atoms with Crippen molar-refractivity contribution in [2.24, 2.45) is 5.92 Å². The van der Waals surface area contributed by atoms with Crippen molar-refractivity contribution in [2.45, 2.75) is 83.3 Å². The van der Waals surface area contributed by atoms with Crippen molar-refractivity contribution in [2.75, 3.05) is 13.1 Å². The van der Waals surface area contributed by atoms with Crippen molar-refractivity contribution in [1.29, 1.82) is 0 Å². The molecule has 0 spiro atoms. The quantitative estimate of drug-likeness (QED) is 0.426. The molecule has 2 N–H and O–H groups in total. The number of hydrogen-bond acceptors (Lipinski definition) is 4. The number of nitrogens with zero attached hydrogens (tertiary/aromatic N) is 4. The standard InChI is InChI=1S/C29H40N6O/c36-29(35(21-27-30-15-16-31-27)22-28-32-17-18-33-28)25-11-7-23(8-12-25)5-6-24-9-13-26(14-10-24)34-19-3-1-2-4-20-34/h7-8,11-12,15-18,24,26H,1-6,9-10,13-14,19-22H2,(H,30,31)(H,32,33). The lowest BCUT2D eigenvalue weighted by Crippen LogP contribution is -2.38. The molecule has 7 heteroatoms. The highest BCUT2D eigenvalue weighted by molar-refractivity contribution is 5.94. The van der Waals surface area contributed by atoms with Gasteiger partial charge in [0.05, 0.1) is 13.1 Å². The molecule has 1 amide bonds. The number of benzene rings is 1. The normalized spacial score (nSPS) is 21.2. The first-order chi connectivity index (χ1) is 17.7. The highest BCUT2D eigenvalue weighted by Gasteiger charge is 2.26. The second-order valence-corrected chi connectivity index (χ2v) is 10.6. The fraction of sp³-hybridized carbons (Fsp3) is 0.552. The van der Waals surface area contributed by atoms with Gasteiger partial charge in [0, 0.05) is 36.4 Å². The van der Waals surface area contributed by atoms with E-state index in [-0.39, 0.29) is 5.91 Å². The van der Waals surface area contributed by atoms with Crippen molar-refractivity contribution >= 4 is 5.91 Å². The average molecular weight is 489 g/mol. The second kappa shape index (κ2) is 12.3. The van der Waals surface area contributed by atoms with E-state index in [1.807, 2.05) is 12.1 Å². The maximum Gasteiger partial charge on any atom is 0.254 e. The summed E-state index contributed by atoms with van der Waals surface area (Å²) in [6.07, 6.45) is 20.4. The molecule has 192 valence electrons. The Kier molecular flexibility index (Phi) is 8.49. The van der Waals surface area contributed by atoms with Gasteiger partial charge in [-0.15, -0.1) is 0 Å². The molecule has 36 heavy (non-hydrogen) atoms. The summed E-state index contributed by atoms with van der Waals surface area (Å²) in [5, 5.41) is 0. The van der Waals surface area contributed by atoms with Crippen LogP contribution in [0.15, 0.2) is 49.1 Å². The Hall–Kier alpha value is -2.93. The Balaban J connectivity index is 1.12. The SMILES string of the molecule is O=C(c1ccc(CCC2CCC(N3CCCCCC3)CC2)cc1)N(Cc1ncc[nH]1)Cc1ncc[nH]1.